The average molecular weight is 253 g/mol. The number of phenolic OH excluding ortho intramolecular Hbond substituents is 1. The van der Waals surface area contributed by atoms with Crippen LogP contribution in [0.3, 0.4) is 0 Å². The number of aromatic hydroxyl groups is 1. The fraction of sp³-hybridized carbons (Fsp3) is 0.294. The van der Waals surface area contributed by atoms with E-state index in [1.807, 2.05) is 6.07 Å². The molecule has 1 aliphatic carbocycles. The molecule has 2 heteroatoms. The summed E-state index contributed by atoms with van der Waals surface area (Å²) < 4.78 is 0. The monoisotopic (exact) mass is 253 g/mol. The molecule has 98 valence electrons. The van der Waals surface area contributed by atoms with Crippen LogP contribution >= 0.6 is 0 Å². The molecule has 0 spiro atoms. The van der Waals surface area contributed by atoms with Gasteiger partial charge in [0.25, 0.3) is 0 Å². The number of nitrogens with zero attached hydrogens (tertiary/aromatic N) is 1. The zero-order chi connectivity index (χ0) is 13.4. The molecule has 0 saturated carbocycles. The van der Waals surface area contributed by atoms with Gasteiger partial charge in [-0.25, -0.2) is 0 Å². The van der Waals surface area contributed by atoms with Crippen molar-refractivity contribution in [1.82, 2.24) is 0 Å². The molecule has 0 radical (unpaired) electrons. The Morgan fingerprint density at radius 1 is 1.16 bits per heavy atom. The number of hydrogen-bond acceptors (Lipinski definition) is 2. The van der Waals surface area contributed by atoms with E-state index in [4.69, 9.17) is 0 Å². The number of anilines is 1. The molecule has 1 unspecified atom stereocenters. The van der Waals surface area contributed by atoms with Crippen molar-refractivity contribution in [2.24, 2.45) is 0 Å². The standard InChI is InChI=1S/C17H19NO/c1-12-5-3-6-13(11-12)18(2)16-10-9-15-14(16)7-4-8-17(15)19/h3-8,11,16,19H,9-10H2,1-2H3. The molecule has 19 heavy (non-hydrogen) atoms. The fourth-order valence-corrected chi connectivity index (χ4v) is 3.04. The van der Waals surface area contributed by atoms with Crippen molar-refractivity contribution in [3.8, 4) is 5.75 Å². The molecule has 0 saturated heterocycles. The molecular formula is C17H19NO. The SMILES string of the molecule is Cc1cccc(N(C)C2CCc3c(O)cccc32)c1. The van der Waals surface area contributed by atoms with Crippen molar-refractivity contribution in [3.63, 3.8) is 0 Å². The number of fused-ring (bicyclic) bond motifs is 1. The van der Waals surface area contributed by atoms with Crippen LogP contribution in [0.2, 0.25) is 0 Å². The largest absolute Gasteiger partial charge is 0.508 e. The predicted octanol–water partition coefficient (Wildman–Crippen LogP) is 3.82. The number of hydrogen-bond donors (Lipinski definition) is 1. The van der Waals surface area contributed by atoms with Crippen LogP contribution in [0.4, 0.5) is 5.69 Å². The van der Waals surface area contributed by atoms with Gasteiger partial charge in [0.15, 0.2) is 0 Å². The number of benzene rings is 2. The molecular weight excluding hydrogens is 234 g/mol. The van der Waals surface area contributed by atoms with Gasteiger partial charge < -0.3 is 10.0 Å². The zero-order valence-corrected chi connectivity index (χ0v) is 11.4. The lowest BCUT2D eigenvalue weighted by Gasteiger charge is -2.28. The third kappa shape index (κ3) is 2.07. The number of rotatable bonds is 2. The Kier molecular flexibility index (Phi) is 2.94. The first-order chi connectivity index (χ1) is 9.16. The molecule has 3 rings (SSSR count). The predicted molar refractivity (Wildman–Crippen MR) is 78.8 cm³/mol. The van der Waals surface area contributed by atoms with Gasteiger partial charge >= 0.3 is 0 Å². The Hall–Kier alpha value is -1.96. The highest BCUT2D eigenvalue weighted by Crippen LogP contribution is 2.40. The molecule has 0 heterocycles. The summed E-state index contributed by atoms with van der Waals surface area (Å²) in [7, 11) is 2.14. The molecule has 2 nitrogen and oxygen atoms in total. The van der Waals surface area contributed by atoms with E-state index in [2.05, 4.69) is 49.2 Å². The van der Waals surface area contributed by atoms with Crippen LogP contribution in [-0.4, -0.2) is 12.2 Å². The summed E-state index contributed by atoms with van der Waals surface area (Å²) in [5.74, 6) is 0.442. The van der Waals surface area contributed by atoms with Gasteiger partial charge in [-0.05, 0) is 54.7 Å². The van der Waals surface area contributed by atoms with Crippen molar-refractivity contribution >= 4 is 5.69 Å². The van der Waals surface area contributed by atoms with Gasteiger partial charge in [0.1, 0.15) is 5.75 Å². The van der Waals surface area contributed by atoms with Gasteiger partial charge in [-0.1, -0.05) is 24.3 Å². The topological polar surface area (TPSA) is 23.5 Å². The maximum atomic E-state index is 9.93. The van der Waals surface area contributed by atoms with Crippen LogP contribution in [0.15, 0.2) is 42.5 Å². The van der Waals surface area contributed by atoms with Crippen LogP contribution in [0.5, 0.6) is 5.75 Å². The number of aryl methyl sites for hydroxylation is 1. The molecule has 2 aromatic carbocycles. The minimum Gasteiger partial charge on any atom is -0.508 e. The maximum Gasteiger partial charge on any atom is 0.119 e. The summed E-state index contributed by atoms with van der Waals surface area (Å²) in [6.07, 6.45) is 2.03. The minimum atomic E-state index is 0.365. The summed E-state index contributed by atoms with van der Waals surface area (Å²) in [6.45, 7) is 2.12. The van der Waals surface area contributed by atoms with Crippen LogP contribution < -0.4 is 4.90 Å². The van der Waals surface area contributed by atoms with Crippen molar-refractivity contribution < 1.29 is 5.11 Å². The Morgan fingerprint density at radius 2 is 1.95 bits per heavy atom. The highest BCUT2D eigenvalue weighted by Gasteiger charge is 2.27. The summed E-state index contributed by atoms with van der Waals surface area (Å²) in [5.41, 5.74) is 4.90. The smallest absolute Gasteiger partial charge is 0.119 e. The average Bonchev–Trinajstić information content (AvgIpc) is 2.83. The van der Waals surface area contributed by atoms with E-state index in [1.165, 1.54) is 16.8 Å². The van der Waals surface area contributed by atoms with Crippen LogP contribution in [0, 0.1) is 6.92 Å². The van der Waals surface area contributed by atoms with E-state index >= 15 is 0 Å². The summed E-state index contributed by atoms with van der Waals surface area (Å²) in [5, 5.41) is 9.93. The maximum absolute atomic E-state index is 9.93. The van der Waals surface area contributed by atoms with Crippen LogP contribution in [0.25, 0.3) is 0 Å². The molecule has 0 aromatic heterocycles. The van der Waals surface area contributed by atoms with E-state index in [0.29, 0.717) is 11.8 Å². The first-order valence-electron chi connectivity index (χ1n) is 6.77. The second kappa shape index (κ2) is 4.61. The van der Waals surface area contributed by atoms with Gasteiger partial charge in [-0.15, -0.1) is 0 Å². The lowest BCUT2D eigenvalue weighted by molar-refractivity contribution is 0.469. The van der Waals surface area contributed by atoms with Gasteiger partial charge in [0, 0.05) is 12.7 Å². The molecule has 1 atom stereocenters. The van der Waals surface area contributed by atoms with Crippen molar-refractivity contribution in [1.29, 1.82) is 0 Å². The third-order valence-corrected chi connectivity index (χ3v) is 4.09. The van der Waals surface area contributed by atoms with Crippen LogP contribution in [-0.2, 0) is 6.42 Å². The van der Waals surface area contributed by atoms with E-state index in [9.17, 15) is 5.11 Å². The third-order valence-electron chi connectivity index (χ3n) is 4.09. The minimum absolute atomic E-state index is 0.365. The molecule has 0 amide bonds. The molecule has 0 bridgehead atoms. The van der Waals surface area contributed by atoms with Crippen LogP contribution in [0.1, 0.15) is 29.2 Å². The highest BCUT2D eigenvalue weighted by atomic mass is 16.3. The first-order valence-corrected chi connectivity index (χ1v) is 6.77. The lowest BCUT2D eigenvalue weighted by atomic mass is 10.1. The Balaban J connectivity index is 1.95. The van der Waals surface area contributed by atoms with Gasteiger partial charge in [-0.2, -0.15) is 0 Å². The zero-order valence-electron chi connectivity index (χ0n) is 11.4. The molecule has 1 N–H and O–H groups in total. The number of phenols is 1. The molecule has 0 aliphatic heterocycles. The summed E-state index contributed by atoms with van der Waals surface area (Å²) >= 11 is 0. The highest BCUT2D eigenvalue weighted by molar-refractivity contribution is 5.53. The van der Waals surface area contributed by atoms with Crippen molar-refractivity contribution in [3.05, 3.63) is 59.2 Å². The lowest BCUT2D eigenvalue weighted by Crippen LogP contribution is -2.22. The van der Waals surface area contributed by atoms with Gasteiger partial charge in [0.05, 0.1) is 6.04 Å². The van der Waals surface area contributed by atoms with E-state index in [0.717, 1.165) is 18.4 Å². The Morgan fingerprint density at radius 3 is 2.74 bits per heavy atom. The van der Waals surface area contributed by atoms with E-state index in [-0.39, 0.29) is 0 Å². The fourth-order valence-electron chi connectivity index (χ4n) is 3.04. The van der Waals surface area contributed by atoms with Crippen molar-refractivity contribution in [2.75, 3.05) is 11.9 Å². The normalized spacial score (nSPS) is 17.3. The van der Waals surface area contributed by atoms with E-state index in [1.54, 1.807) is 6.07 Å². The van der Waals surface area contributed by atoms with E-state index < -0.39 is 0 Å². The quantitative estimate of drug-likeness (QED) is 0.879. The van der Waals surface area contributed by atoms with Crippen molar-refractivity contribution in [2.45, 2.75) is 25.8 Å². The molecule has 0 fully saturated rings. The molecule has 1 aliphatic rings. The Labute approximate surface area is 114 Å². The second-order valence-electron chi connectivity index (χ2n) is 5.35. The summed E-state index contributed by atoms with van der Waals surface area (Å²) in [4.78, 5) is 2.32. The second-order valence-corrected chi connectivity index (χ2v) is 5.35. The molecule has 2 aromatic rings. The van der Waals surface area contributed by atoms with Gasteiger partial charge in [-0.3, -0.25) is 0 Å². The van der Waals surface area contributed by atoms with Gasteiger partial charge in [0.2, 0.25) is 0 Å². The Bertz CT molecular complexity index is 606. The summed E-state index contributed by atoms with van der Waals surface area (Å²) in [6, 6.07) is 14.8. The first kappa shape index (κ1) is 12.1.